The molecule has 0 aliphatic carbocycles. The molecule has 3 aromatic rings. The molecule has 0 spiro atoms. The fourth-order valence-electron chi connectivity index (χ4n) is 3.39. The first kappa shape index (κ1) is 19.4. The summed E-state index contributed by atoms with van der Waals surface area (Å²) in [6, 6.07) is 9.59. The summed E-state index contributed by atoms with van der Waals surface area (Å²) in [5, 5.41) is 5.20. The highest BCUT2D eigenvalue weighted by Gasteiger charge is 2.19. The van der Waals surface area contributed by atoms with Crippen molar-refractivity contribution >= 4 is 23.2 Å². The third kappa shape index (κ3) is 3.98. The molecule has 1 unspecified atom stereocenters. The van der Waals surface area contributed by atoms with E-state index in [1.807, 2.05) is 69.6 Å². The largest absolute Gasteiger partial charge is 0.339 e. The molecule has 6 heteroatoms. The second kappa shape index (κ2) is 7.69. The number of hydrogen-bond acceptors (Lipinski definition) is 3. The number of nitrogens with zero attached hydrogens (tertiary/aromatic N) is 4. The van der Waals surface area contributed by atoms with Gasteiger partial charge in [-0.15, -0.1) is 0 Å². The lowest BCUT2D eigenvalue weighted by molar-refractivity contribution is -0.131. The van der Waals surface area contributed by atoms with Gasteiger partial charge in [0.2, 0.25) is 5.91 Å². The lowest BCUT2D eigenvalue weighted by Crippen LogP contribution is -2.30. The van der Waals surface area contributed by atoms with E-state index in [0.717, 1.165) is 33.9 Å². The summed E-state index contributed by atoms with van der Waals surface area (Å²) in [4.78, 5) is 19.2. The minimum Gasteiger partial charge on any atom is -0.339 e. The number of carbonyl (C=O) groups excluding carboxylic acids is 1. The average Bonchev–Trinajstić information content (AvgIpc) is 3.01. The van der Waals surface area contributed by atoms with E-state index in [0.29, 0.717) is 17.9 Å². The highest BCUT2D eigenvalue weighted by atomic mass is 35.5. The minimum atomic E-state index is -0.00803. The Morgan fingerprint density at radius 1 is 1.22 bits per heavy atom. The first-order valence-corrected chi connectivity index (χ1v) is 9.49. The lowest BCUT2D eigenvalue weighted by atomic mass is 10.0. The SMILES string of the molecule is Cc1cc2nc(C)c(CCC(=O)N(C)C(C)c3ccc(Cl)cc3)c(C)n2n1. The zero-order valence-corrected chi connectivity index (χ0v) is 17.2. The van der Waals surface area contributed by atoms with E-state index in [1.165, 1.54) is 0 Å². The Morgan fingerprint density at radius 3 is 2.56 bits per heavy atom. The molecule has 3 rings (SSSR count). The van der Waals surface area contributed by atoms with Crippen LogP contribution in [0.1, 0.15) is 47.6 Å². The standard InChI is InChI=1S/C21H25ClN4O/c1-13-12-20-23-14(2)19(16(4)26(20)24-13)10-11-21(27)25(5)15(3)17-6-8-18(22)9-7-17/h6-9,12,15H,10-11H2,1-5H3. The van der Waals surface area contributed by atoms with Crippen molar-refractivity contribution in [2.75, 3.05) is 7.05 Å². The van der Waals surface area contributed by atoms with Crippen molar-refractivity contribution in [3.8, 4) is 0 Å². The number of carbonyl (C=O) groups is 1. The lowest BCUT2D eigenvalue weighted by Gasteiger charge is -2.25. The molecule has 0 N–H and O–H groups in total. The average molecular weight is 385 g/mol. The van der Waals surface area contributed by atoms with Crippen LogP contribution in [0, 0.1) is 20.8 Å². The quantitative estimate of drug-likeness (QED) is 0.652. The smallest absolute Gasteiger partial charge is 0.223 e. The molecule has 27 heavy (non-hydrogen) atoms. The number of rotatable bonds is 5. The highest BCUT2D eigenvalue weighted by molar-refractivity contribution is 6.30. The molecule has 0 fully saturated rings. The first-order valence-electron chi connectivity index (χ1n) is 9.11. The van der Waals surface area contributed by atoms with Crippen molar-refractivity contribution in [2.24, 2.45) is 0 Å². The molecule has 0 saturated carbocycles. The summed E-state index contributed by atoms with van der Waals surface area (Å²) in [6.07, 6.45) is 1.08. The molecule has 1 amide bonds. The van der Waals surface area contributed by atoms with Crippen molar-refractivity contribution in [2.45, 2.75) is 46.6 Å². The molecule has 0 saturated heterocycles. The van der Waals surface area contributed by atoms with Gasteiger partial charge in [0.1, 0.15) is 0 Å². The van der Waals surface area contributed by atoms with Gasteiger partial charge in [0.15, 0.2) is 5.65 Å². The maximum Gasteiger partial charge on any atom is 0.223 e. The van der Waals surface area contributed by atoms with Gasteiger partial charge in [0.25, 0.3) is 0 Å². The first-order chi connectivity index (χ1) is 12.8. The van der Waals surface area contributed by atoms with Crippen LogP contribution in [-0.2, 0) is 11.2 Å². The number of aryl methyl sites for hydroxylation is 3. The van der Waals surface area contributed by atoms with Gasteiger partial charge in [-0.25, -0.2) is 9.50 Å². The molecule has 2 aromatic heterocycles. The van der Waals surface area contributed by atoms with E-state index < -0.39 is 0 Å². The third-order valence-corrected chi connectivity index (χ3v) is 5.45. The topological polar surface area (TPSA) is 50.5 Å². The van der Waals surface area contributed by atoms with Crippen LogP contribution in [0.2, 0.25) is 5.02 Å². The molecule has 1 atom stereocenters. The van der Waals surface area contributed by atoms with E-state index in [1.54, 1.807) is 4.90 Å². The van der Waals surface area contributed by atoms with Crippen LogP contribution in [0.4, 0.5) is 0 Å². The molecular weight excluding hydrogens is 360 g/mol. The van der Waals surface area contributed by atoms with Crippen LogP contribution in [0.5, 0.6) is 0 Å². The van der Waals surface area contributed by atoms with Gasteiger partial charge in [0, 0.05) is 35.9 Å². The number of hydrogen-bond donors (Lipinski definition) is 0. The van der Waals surface area contributed by atoms with Crippen LogP contribution in [0.25, 0.3) is 5.65 Å². The summed E-state index contributed by atoms with van der Waals surface area (Å²) in [6.45, 7) is 8.01. The Morgan fingerprint density at radius 2 is 1.89 bits per heavy atom. The Labute approximate surface area is 165 Å². The van der Waals surface area contributed by atoms with E-state index in [9.17, 15) is 4.79 Å². The van der Waals surface area contributed by atoms with E-state index in [-0.39, 0.29) is 11.9 Å². The van der Waals surface area contributed by atoms with Crippen molar-refractivity contribution < 1.29 is 4.79 Å². The second-order valence-electron chi connectivity index (χ2n) is 7.05. The molecule has 2 heterocycles. The maximum atomic E-state index is 12.7. The van der Waals surface area contributed by atoms with Gasteiger partial charge in [-0.05, 0) is 57.4 Å². The highest BCUT2D eigenvalue weighted by Crippen LogP contribution is 2.23. The van der Waals surface area contributed by atoms with Gasteiger partial charge < -0.3 is 4.90 Å². The van der Waals surface area contributed by atoms with Crippen LogP contribution in [0.3, 0.4) is 0 Å². The van der Waals surface area contributed by atoms with Gasteiger partial charge in [-0.3, -0.25) is 4.79 Å². The molecule has 0 aliphatic rings. The summed E-state index contributed by atoms with van der Waals surface area (Å²) < 4.78 is 1.86. The van der Waals surface area contributed by atoms with Crippen LogP contribution >= 0.6 is 11.6 Å². The molecule has 5 nitrogen and oxygen atoms in total. The number of aromatic nitrogens is 3. The van der Waals surface area contributed by atoms with Crippen LogP contribution in [-0.4, -0.2) is 32.5 Å². The molecular formula is C21H25ClN4O. The van der Waals surface area contributed by atoms with E-state index in [2.05, 4.69) is 10.1 Å². The van der Waals surface area contributed by atoms with E-state index >= 15 is 0 Å². The fraction of sp³-hybridized carbons (Fsp3) is 0.381. The van der Waals surface area contributed by atoms with Crippen LogP contribution < -0.4 is 0 Å². The predicted molar refractivity (Wildman–Crippen MR) is 108 cm³/mol. The minimum absolute atomic E-state index is 0.00803. The summed E-state index contributed by atoms with van der Waals surface area (Å²) >= 11 is 5.96. The zero-order valence-electron chi connectivity index (χ0n) is 16.5. The van der Waals surface area contributed by atoms with Crippen molar-refractivity contribution in [3.05, 3.63) is 63.6 Å². The molecule has 0 radical (unpaired) electrons. The summed E-state index contributed by atoms with van der Waals surface area (Å²) in [5.74, 6) is 0.105. The molecule has 0 aliphatic heterocycles. The number of fused-ring (bicyclic) bond motifs is 1. The van der Waals surface area contributed by atoms with Gasteiger partial charge in [-0.2, -0.15) is 5.10 Å². The summed E-state index contributed by atoms with van der Waals surface area (Å²) in [7, 11) is 1.85. The van der Waals surface area contributed by atoms with Crippen molar-refractivity contribution in [1.82, 2.24) is 19.5 Å². The zero-order chi connectivity index (χ0) is 19.7. The molecule has 0 bridgehead atoms. The monoisotopic (exact) mass is 384 g/mol. The third-order valence-electron chi connectivity index (χ3n) is 5.20. The Bertz CT molecular complexity index is 978. The second-order valence-corrected chi connectivity index (χ2v) is 7.49. The van der Waals surface area contributed by atoms with Gasteiger partial charge in [0.05, 0.1) is 11.7 Å². The summed E-state index contributed by atoms with van der Waals surface area (Å²) in [5.41, 5.74) is 5.96. The Kier molecular flexibility index (Phi) is 5.51. The van der Waals surface area contributed by atoms with E-state index in [4.69, 9.17) is 11.6 Å². The number of halogens is 1. The number of benzene rings is 1. The number of amides is 1. The van der Waals surface area contributed by atoms with Gasteiger partial charge >= 0.3 is 0 Å². The molecule has 1 aromatic carbocycles. The Balaban J connectivity index is 1.73. The maximum absolute atomic E-state index is 12.7. The fourth-order valence-corrected chi connectivity index (χ4v) is 3.52. The molecule has 142 valence electrons. The normalized spacial score (nSPS) is 12.4. The van der Waals surface area contributed by atoms with Gasteiger partial charge in [-0.1, -0.05) is 23.7 Å². The Hall–Kier alpha value is -2.40. The van der Waals surface area contributed by atoms with Crippen LogP contribution in [0.15, 0.2) is 30.3 Å². The van der Waals surface area contributed by atoms with Crippen molar-refractivity contribution in [3.63, 3.8) is 0 Å². The van der Waals surface area contributed by atoms with Crippen molar-refractivity contribution in [1.29, 1.82) is 0 Å². The predicted octanol–water partition coefficient (Wildman–Crippen LogP) is 4.46.